The Hall–Kier alpha value is -2.27. The Morgan fingerprint density at radius 2 is 1.08 bits per heavy atom. The summed E-state index contributed by atoms with van der Waals surface area (Å²) in [6, 6.07) is 21.3. The third-order valence-corrected chi connectivity index (χ3v) is 10.0. The van der Waals surface area contributed by atoms with Gasteiger partial charge in [0.15, 0.2) is 0 Å². The molecule has 4 rings (SSSR count). The van der Waals surface area contributed by atoms with E-state index in [0.29, 0.717) is 26.1 Å². The van der Waals surface area contributed by atoms with Gasteiger partial charge in [-0.3, -0.25) is 9.59 Å². The minimum Gasteiger partial charge on any atom is -0.465 e. The van der Waals surface area contributed by atoms with Gasteiger partial charge in [-0.05, 0) is 59.1 Å². The molecule has 2 aromatic carbocycles. The van der Waals surface area contributed by atoms with Crippen LogP contribution in [0.1, 0.15) is 76.3 Å². The lowest BCUT2D eigenvalue weighted by Gasteiger charge is -2.35. The van der Waals surface area contributed by atoms with Crippen LogP contribution in [0.3, 0.4) is 0 Å². The second-order valence-corrected chi connectivity index (χ2v) is 12.5. The standard InChI is InChI=1S/C32H42O4S/c1-31(25-13-5-3-6-14-25,27-21-29(33)35-23-27)17-9-11-19-37-20-12-10-18-32(2,26-15-7-4-8-16-26)28-22-30(34)36-24-28/h3-8,13-16,27-28H,9-12,17-24H2,1-2H3. The molecule has 4 atom stereocenters. The summed E-state index contributed by atoms with van der Waals surface area (Å²) in [4.78, 5) is 23.6. The normalized spacial score (nSPS) is 22.8. The van der Waals surface area contributed by atoms with Gasteiger partial charge in [-0.1, -0.05) is 87.4 Å². The van der Waals surface area contributed by atoms with E-state index < -0.39 is 0 Å². The van der Waals surface area contributed by atoms with Crippen molar-refractivity contribution in [2.45, 2.75) is 76.0 Å². The van der Waals surface area contributed by atoms with Crippen LogP contribution in [0.25, 0.3) is 0 Å². The number of esters is 2. The molecule has 2 aromatic rings. The van der Waals surface area contributed by atoms with Crippen LogP contribution in [0.2, 0.25) is 0 Å². The Bertz CT molecular complexity index is 928. The minimum absolute atomic E-state index is 0.0225. The van der Waals surface area contributed by atoms with Crippen LogP contribution in [-0.4, -0.2) is 36.7 Å². The number of carbonyl (C=O) groups is 2. The third kappa shape index (κ3) is 6.98. The van der Waals surface area contributed by atoms with Gasteiger partial charge in [0.1, 0.15) is 0 Å². The average molecular weight is 523 g/mol. The lowest BCUT2D eigenvalue weighted by Crippen LogP contribution is -2.32. The molecule has 2 heterocycles. The van der Waals surface area contributed by atoms with Crippen molar-refractivity contribution in [3.8, 4) is 0 Å². The van der Waals surface area contributed by atoms with Gasteiger partial charge >= 0.3 is 11.9 Å². The number of hydrogen-bond acceptors (Lipinski definition) is 5. The molecule has 2 fully saturated rings. The summed E-state index contributed by atoms with van der Waals surface area (Å²) in [6.45, 7) is 5.72. The van der Waals surface area contributed by atoms with Crippen molar-refractivity contribution in [2.75, 3.05) is 24.7 Å². The Morgan fingerprint density at radius 3 is 1.43 bits per heavy atom. The quantitative estimate of drug-likeness (QED) is 0.196. The van der Waals surface area contributed by atoms with Gasteiger partial charge in [-0.2, -0.15) is 11.8 Å². The first-order valence-electron chi connectivity index (χ1n) is 13.9. The number of thioether (sulfide) groups is 1. The topological polar surface area (TPSA) is 52.6 Å². The molecule has 2 aliphatic heterocycles. The molecular formula is C32H42O4S. The first kappa shape index (κ1) is 27.8. The summed E-state index contributed by atoms with van der Waals surface area (Å²) in [7, 11) is 0. The second-order valence-electron chi connectivity index (χ2n) is 11.3. The molecule has 0 saturated carbocycles. The fraction of sp³-hybridized carbons (Fsp3) is 0.562. The maximum atomic E-state index is 11.8. The predicted octanol–water partition coefficient (Wildman–Crippen LogP) is 7.10. The van der Waals surface area contributed by atoms with Gasteiger partial charge in [0, 0.05) is 11.8 Å². The van der Waals surface area contributed by atoms with Crippen molar-refractivity contribution < 1.29 is 19.1 Å². The first-order chi connectivity index (χ1) is 17.9. The van der Waals surface area contributed by atoms with Crippen molar-refractivity contribution in [3.63, 3.8) is 0 Å². The number of benzene rings is 2. The number of carbonyl (C=O) groups excluding carboxylic acids is 2. The van der Waals surface area contributed by atoms with E-state index in [-0.39, 0.29) is 34.6 Å². The maximum absolute atomic E-state index is 11.8. The lowest BCUT2D eigenvalue weighted by atomic mass is 9.68. The molecule has 200 valence electrons. The van der Waals surface area contributed by atoms with Crippen LogP contribution in [0.5, 0.6) is 0 Å². The Morgan fingerprint density at radius 1 is 0.676 bits per heavy atom. The van der Waals surface area contributed by atoms with E-state index in [1.54, 1.807) is 0 Å². The molecule has 0 bridgehead atoms. The van der Waals surface area contributed by atoms with Crippen LogP contribution < -0.4 is 0 Å². The fourth-order valence-corrected chi connectivity index (χ4v) is 7.17. The van der Waals surface area contributed by atoms with Crippen molar-refractivity contribution in [3.05, 3.63) is 71.8 Å². The maximum Gasteiger partial charge on any atom is 0.306 e. The molecule has 0 amide bonds. The summed E-state index contributed by atoms with van der Waals surface area (Å²) < 4.78 is 10.7. The number of hydrogen-bond donors (Lipinski definition) is 0. The van der Waals surface area contributed by atoms with E-state index in [9.17, 15) is 9.59 Å². The van der Waals surface area contributed by atoms with Gasteiger partial charge < -0.3 is 9.47 Å². The molecule has 5 heteroatoms. The van der Waals surface area contributed by atoms with Gasteiger partial charge in [0.2, 0.25) is 0 Å². The van der Waals surface area contributed by atoms with Crippen molar-refractivity contribution >= 4 is 23.7 Å². The Balaban J connectivity index is 1.19. The summed E-state index contributed by atoms with van der Waals surface area (Å²) in [5, 5.41) is 0. The van der Waals surface area contributed by atoms with E-state index in [0.717, 1.165) is 25.7 Å². The molecule has 2 saturated heterocycles. The molecule has 0 N–H and O–H groups in total. The predicted molar refractivity (Wildman–Crippen MR) is 151 cm³/mol. The molecule has 37 heavy (non-hydrogen) atoms. The highest BCUT2D eigenvalue weighted by molar-refractivity contribution is 7.99. The number of cyclic esters (lactones) is 2. The lowest BCUT2D eigenvalue weighted by molar-refractivity contribution is -0.138. The zero-order valence-electron chi connectivity index (χ0n) is 22.5. The summed E-state index contributed by atoms with van der Waals surface area (Å²) in [6.07, 6.45) is 7.92. The van der Waals surface area contributed by atoms with E-state index >= 15 is 0 Å². The Labute approximate surface area is 226 Å². The fourth-order valence-electron chi connectivity index (χ4n) is 6.14. The summed E-state index contributed by atoms with van der Waals surface area (Å²) in [5.74, 6) is 2.75. The van der Waals surface area contributed by atoms with Gasteiger partial charge in [-0.15, -0.1) is 0 Å². The largest absolute Gasteiger partial charge is 0.465 e. The van der Waals surface area contributed by atoms with Crippen molar-refractivity contribution in [1.29, 1.82) is 0 Å². The molecule has 0 aromatic heterocycles. The highest BCUT2D eigenvalue weighted by Crippen LogP contribution is 2.43. The summed E-state index contributed by atoms with van der Waals surface area (Å²) >= 11 is 2.05. The van der Waals surface area contributed by atoms with Crippen LogP contribution in [0.4, 0.5) is 0 Å². The van der Waals surface area contributed by atoms with E-state index in [1.807, 2.05) is 0 Å². The number of rotatable bonds is 14. The molecular weight excluding hydrogens is 480 g/mol. The molecule has 4 nitrogen and oxygen atoms in total. The highest BCUT2D eigenvalue weighted by Gasteiger charge is 2.42. The monoisotopic (exact) mass is 522 g/mol. The zero-order chi connectivity index (χ0) is 26.1. The minimum atomic E-state index is -0.0573. The molecule has 0 aliphatic carbocycles. The van der Waals surface area contributed by atoms with Crippen LogP contribution in [0.15, 0.2) is 60.7 Å². The van der Waals surface area contributed by atoms with Crippen molar-refractivity contribution in [2.24, 2.45) is 11.8 Å². The van der Waals surface area contributed by atoms with Gasteiger partial charge in [0.25, 0.3) is 0 Å². The van der Waals surface area contributed by atoms with Crippen LogP contribution in [0, 0.1) is 11.8 Å². The SMILES string of the molecule is CC(CCCCSCCCCC(C)(c1ccccc1)C1COC(=O)C1)(c1ccccc1)C1COC(=O)C1. The van der Waals surface area contributed by atoms with Gasteiger partial charge in [-0.25, -0.2) is 0 Å². The van der Waals surface area contributed by atoms with Crippen LogP contribution in [-0.2, 0) is 29.9 Å². The molecule has 4 unspecified atom stereocenters. The van der Waals surface area contributed by atoms with E-state index in [2.05, 4.69) is 86.3 Å². The average Bonchev–Trinajstić information content (AvgIpc) is 3.57. The molecule has 2 aliphatic rings. The summed E-state index contributed by atoms with van der Waals surface area (Å²) in [5.41, 5.74) is 2.60. The van der Waals surface area contributed by atoms with Crippen LogP contribution >= 0.6 is 11.8 Å². The smallest absolute Gasteiger partial charge is 0.306 e. The zero-order valence-corrected chi connectivity index (χ0v) is 23.3. The first-order valence-corrected chi connectivity index (χ1v) is 15.1. The second kappa shape index (κ2) is 13.0. The number of unbranched alkanes of at least 4 members (excludes halogenated alkanes) is 2. The number of ether oxygens (including phenoxy) is 2. The molecule has 0 radical (unpaired) electrons. The van der Waals surface area contributed by atoms with Crippen molar-refractivity contribution in [1.82, 2.24) is 0 Å². The van der Waals surface area contributed by atoms with E-state index in [1.165, 1.54) is 35.5 Å². The highest BCUT2D eigenvalue weighted by atomic mass is 32.2. The Kier molecular flexibility index (Phi) is 9.75. The van der Waals surface area contributed by atoms with E-state index in [4.69, 9.17) is 9.47 Å². The molecule has 0 spiro atoms. The van der Waals surface area contributed by atoms with Gasteiger partial charge in [0.05, 0.1) is 26.1 Å². The third-order valence-electron chi connectivity index (χ3n) is 8.86.